The third-order valence-corrected chi connectivity index (χ3v) is 7.70. The maximum absolute atomic E-state index is 6.24. The summed E-state index contributed by atoms with van der Waals surface area (Å²) in [6, 6.07) is 30.1. The van der Waals surface area contributed by atoms with Crippen LogP contribution < -0.4 is 4.48 Å². The summed E-state index contributed by atoms with van der Waals surface area (Å²) in [6.07, 6.45) is 1.04. The number of aromatic nitrogens is 2. The number of aryl methyl sites for hydroxylation is 1. The van der Waals surface area contributed by atoms with Gasteiger partial charge in [0.25, 0.3) is 0 Å². The molecule has 5 rings (SSSR count). The van der Waals surface area contributed by atoms with Crippen molar-refractivity contribution in [3.8, 4) is 11.4 Å². The van der Waals surface area contributed by atoms with Crippen molar-refractivity contribution < 1.29 is 0 Å². The van der Waals surface area contributed by atoms with Crippen LogP contribution in [0, 0.1) is 6.92 Å². The smallest absolute Gasteiger partial charge is 0.137 e. The van der Waals surface area contributed by atoms with Gasteiger partial charge in [0.05, 0.1) is 24.8 Å². The number of nitrogens with zero attached hydrogens (tertiary/aromatic N) is 3. The van der Waals surface area contributed by atoms with E-state index in [1.54, 1.807) is 0 Å². The van der Waals surface area contributed by atoms with Crippen LogP contribution in [0.15, 0.2) is 84.9 Å². The predicted octanol–water partition coefficient (Wildman–Crippen LogP) is 8.28. The fourth-order valence-electron chi connectivity index (χ4n) is 5.53. The molecule has 38 heavy (non-hydrogen) atoms. The molecule has 1 saturated heterocycles. The second-order valence-electron chi connectivity index (χ2n) is 9.63. The summed E-state index contributed by atoms with van der Waals surface area (Å²) in [6.45, 7) is 9.60. The van der Waals surface area contributed by atoms with Gasteiger partial charge in [-0.1, -0.05) is 79.2 Å². The molecule has 3 aromatic carbocycles. The molecular formula is C30H37Cl4N4+. The van der Waals surface area contributed by atoms with Crippen LogP contribution in [0.25, 0.3) is 11.4 Å². The number of quaternary nitrogens is 1. The predicted molar refractivity (Wildman–Crippen MR) is 168 cm³/mol. The molecular weight excluding hydrogens is 558 g/mol. The number of nitrogens with one attached hydrogen (secondary N) is 1. The highest BCUT2D eigenvalue weighted by Gasteiger charge is 2.38. The van der Waals surface area contributed by atoms with E-state index in [4.69, 9.17) is 16.6 Å². The van der Waals surface area contributed by atoms with Crippen molar-refractivity contribution in [1.29, 1.82) is 0 Å². The quantitative estimate of drug-likeness (QED) is 0.218. The molecule has 0 amide bonds. The number of aromatic amines is 1. The van der Waals surface area contributed by atoms with Gasteiger partial charge in [0.1, 0.15) is 18.1 Å². The molecule has 0 saturated carbocycles. The van der Waals surface area contributed by atoms with Crippen molar-refractivity contribution in [3.05, 3.63) is 107 Å². The fraction of sp³-hybridized carbons (Fsp3) is 0.300. The van der Waals surface area contributed by atoms with E-state index >= 15 is 0 Å². The van der Waals surface area contributed by atoms with Crippen LogP contribution >= 0.6 is 48.8 Å². The average molecular weight is 595 g/mol. The molecule has 0 spiro atoms. The Labute approximate surface area is 250 Å². The first-order valence-electron chi connectivity index (χ1n) is 12.6. The van der Waals surface area contributed by atoms with E-state index in [0.29, 0.717) is 6.04 Å². The molecule has 204 valence electrons. The summed E-state index contributed by atoms with van der Waals surface area (Å²) >= 11 is 6.24. The van der Waals surface area contributed by atoms with Crippen molar-refractivity contribution in [1.82, 2.24) is 19.4 Å². The topological polar surface area (TPSA) is 31.9 Å². The molecule has 1 N–H and O–H groups in total. The zero-order valence-electron chi connectivity index (χ0n) is 21.8. The van der Waals surface area contributed by atoms with E-state index < -0.39 is 0 Å². The Balaban J connectivity index is 0.00000169. The monoisotopic (exact) mass is 593 g/mol. The molecule has 8 heteroatoms. The lowest BCUT2D eigenvalue weighted by molar-refractivity contribution is 0.0904. The van der Waals surface area contributed by atoms with Crippen LogP contribution in [0.4, 0.5) is 5.69 Å². The van der Waals surface area contributed by atoms with Crippen molar-refractivity contribution in [2.45, 2.75) is 32.9 Å². The SMILES string of the molecule is CCC(c1nc(-c2ccccc2)[nH]c1C)N1CC[N+](Cc2ccccc2)(c2ccc(Cl)cc2)CC1.Cl.Cl.Cl. The average Bonchev–Trinajstić information content (AvgIpc) is 3.28. The minimum atomic E-state index is 0. The van der Waals surface area contributed by atoms with Crippen molar-refractivity contribution >= 4 is 54.5 Å². The van der Waals surface area contributed by atoms with Gasteiger partial charge in [0, 0.05) is 47.1 Å². The lowest BCUT2D eigenvalue weighted by atomic mass is 10.0. The van der Waals surface area contributed by atoms with Gasteiger partial charge in [-0.3, -0.25) is 9.38 Å². The molecule has 1 unspecified atom stereocenters. The molecule has 0 aliphatic carbocycles. The van der Waals surface area contributed by atoms with Gasteiger partial charge in [0.15, 0.2) is 0 Å². The van der Waals surface area contributed by atoms with E-state index in [1.165, 1.54) is 22.6 Å². The van der Waals surface area contributed by atoms with Gasteiger partial charge in [-0.15, -0.1) is 37.2 Å². The zero-order chi connectivity index (χ0) is 24.3. The lowest BCUT2D eigenvalue weighted by Gasteiger charge is -2.46. The van der Waals surface area contributed by atoms with Crippen LogP contribution in [-0.4, -0.2) is 41.0 Å². The van der Waals surface area contributed by atoms with Crippen LogP contribution in [0.3, 0.4) is 0 Å². The minimum Gasteiger partial charge on any atom is -0.342 e. The molecule has 0 radical (unpaired) electrons. The van der Waals surface area contributed by atoms with E-state index in [9.17, 15) is 0 Å². The molecule has 1 atom stereocenters. The molecule has 1 aliphatic heterocycles. The van der Waals surface area contributed by atoms with Gasteiger partial charge in [-0.2, -0.15) is 0 Å². The van der Waals surface area contributed by atoms with E-state index in [1.807, 2.05) is 18.2 Å². The number of hydrogen-bond acceptors (Lipinski definition) is 2. The summed E-state index contributed by atoms with van der Waals surface area (Å²) in [5.41, 5.74) is 6.20. The van der Waals surface area contributed by atoms with Gasteiger partial charge in [-0.05, 0) is 25.5 Å². The van der Waals surface area contributed by atoms with Gasteiger partial charge < -0.3 is 4.98 Å². The largest absolute Gasteiger partial charge is 0.342 e. The maximum Gasteiger partial charge on any atom is 0.137 e. The van der Waals surface area contributed by atoms with Gasteiger partial charge in [0.2, 0.25) is 0 Å². The normalized spacial score (nSPS) is 15.4. The Morgan fingerprint density at radius 2 is 1.45 bits per heavy atom. The van der Waals surface area contributed by atoms with E-state index in [2.05, 4.69) is 90.5 Å². The third kappa shape index (κ3) is 6.93. The molecule has 4 nitrogen and oxygen atoms in total. The molecule has 4 aromatic rings. The Morgan fingerprint density at radius 3 is 2.03 bits per heavy atom. The number of hydrogen-bond donors (Lipinski definition) is 1. The number of benzene rings is 3. The Kier molecular flexibility index (Phi) is 12.2. The van der Waals surface area contributed by atoms with Crippen molar-refractivity contribution in [3.63, 3.8) is 0 Å². The van der Waals surface area contributed by atoms with Crippen LogP contribution in [0.5, 0.6) is 0 Å². The Morgan fingerprint density at radius 1 is 0.868 bits per heavy atom. The highest BCUT2D eigenvalue weighted by atomic mass is 35.5. The third-order valence-electron chi connectivity index (χ3n) is 7.45. The summed E-state index contributed by atoms with van der Waals surface area (Å²) in [5.74, 6) is 0.962. The van der Waals surface area contributed by atoms with Crippen LogP contribution in [0.1, 0.15) is 36.3 Å². The lowest BCUT2D eigenvalue weighted by Crippen LogP contribution is -2.60. The highest BCUT2D eigenvalue weighted by molar-refractivity contribution is 6.30. The standard InChI is InChI=1S/C30H34ClN4.3ClH/c1-3-28(29-23(2)32-30(33-29)25-12-8-5-9-13-25)34-18-20-35(21-19-34,22-24-10-6-4-7-11-24)27-16-14-26(31)15-17-27;;;/h4-17,28H,3,18-22H2,1-2H3,(H,32,33);3*1H/q+1;;;. The number of piperazine rings is 1. The van der Waals surface area contributed by atoms with Crippen molar-refractivity contribution in [2.75, 3.05) is 26.2 Å². The minimum absolute atomic E-state index is 0. The second-order valence-corrected chi connectivity index (χ2v) is 10.1. The van der Waals surface area contributed by atoms with Crippen molar-refractivity contribution in [2.24, 2.45) is 0 Å². The zero-order valence-corrected chi connectivity index (χ0v) is 25.1. The molecule has 1 aliphatic rings. The van der Waals surface area contributed by atoms with Gasteiger partial charge >= 0.3 is 0 Å². The summed E-state index contributed by atoms with van der Waals surface area (Å²) in [5, 5.41) is 0.791. The summed E-state index contributed by atoms with van der Waals surface area (Å²) < 4.78 is 0.947. The summed E-state index contributed by atoms with van der Waals surface area (Å²) in [7, 11) is 0. The first-order chi connectivity index (χ1) is 17.1. The molecule has 2 heterocycles. The first-order valence-corrected chi connectivity index (χ1v) is 13.0. The Bertz CT molecular complexity index is 1240. The molecule has 0 bridgehead atoms. The van der Waals surface area contributed by atoms with Crippen LogP contribution in [-0.2, 0) is 6.54 Å². The number of rotatable bonds is 7. The Hall–Kier alpha value is -2.05. The highest BCUT2D eigenvalue weighted by Crippen LogP contribution is 2.34. The fourth-order valence-corrected chi connectivity index (χ4v) is 5.65. The number of H-pyrrole nitrogens is 1. The number of halogens is 4. The second kappa shape index (κ2) is 14.4. The summed E-state index contributed by atoms with van der Waals surface area (Å²) in [4.78, 5) is 11.3. The van der Waals surface area contributed by atoms with Crippen LogP contribution in [0.2, 0.25) is 5.02 Å². The molecule has 1 fully saturated rings. The molecule has 1 aromatic heterocycles. The van der Waals surface area contributed by atoms with E-state index in [-0.39, 0.29) is 37.2 Å². The number of imidazole rings is 1. The maximum atomic E-state index is 6.24. The van der Waals surface area contributed by atoms with Gasteiger partial charge in [-0.25, -0.2) is 4.98 Å². The first kappa shape index (κ1) is 32.2. The van der Waals surface area contributed by atoms with E-state index in [0.717, 1.165) is 60.0 Å².